The van der Waals surface area contributed by atoms with Crippen molar-refractivity contribution in [3.63, 3.8) is 0 Å². The number of anilines is 2. The Balaban J connectivity index is 2.29. The van der Waals surface area contributed by atoms with Crippen LogP contribution in [0.15, 0.2) is 36.8 Å². The lowest BCUT2D eigenvalue weighted by Crippen LogP contribution is -2.13. The van der Waals surface area contributed by atoms with Gasteiger partial charge in [-0.1, -0.05) is 17.7 Å². The minimum absolute atomic E-state index is 0.521. The van der Waals surface area contributed by atoms with Crippen LogP contribution in [0.5, 0.6) is 0 Å². The summed E-state index contributed by atoms with van der Waals surface area (Å²) in [5.74, 6) is 1.36. The van der Waals surface area contributed by atoms with Crippen LogP contribution in [0.3, 0.4) is 0 Å². The van der Waals surface area contributed by atoms with Crippen LogP contribution in [0, 0.1) is 0 Å². The first-order valence-corrected chi connectivity index (χ1v) is 4.77. The number of halogens is 1. The minimum Gasteiger partial charge on any atom is -0.298 e. The molecule has 0 aliphatic rings. The van der Waals surface area contributed by atoms with Crippen molar-refractivity contribution in [1.29, 1.82) is 0 Å². The highest BCUT2D eigenvalue weighted by atomic mass is 35.5. The molecule has 0 aliphatic heterocycles. The van der Waals surface area contributed by atoms with Gasteiger partial charge < -0.3 is 0 Å². The summed E-state index contributed by atoms with van der Waals surface area (Å²) in [6.45, 7) is 0. The van der Waals surface area contributed by atoms with Gasteiger partial charge in [-0.25, -0.2) is 15.0 Å². The van der Waals surface area contributed by atoms with Gasteiger partial charge in [0.05, 0.1) is 17.4 Å². The van der Waals surface area contributed by atoms with Crippen molar-refractivity contribution in [3.8, 4) is 0 Å². The van der Waals surface area contributed by atoms with E-state index >= 15 is 0 Å². The van der Waals surface area contributed by atoms with E-state index < -0.39 is 0 Å². The van der Waals surface area contributed by atoms with Crippen molar-refractivity contribution in [2.45, 2.75) is 0 Å². The minimum atomic E-state index is 0.521. The molecule has 0 aliphatic carbocycles. The van der Waals surface area contributed by atoms with Gasteiger partial charge in [-0.05, 0) is 12.1 Å². The highest BCUT2D eigenvalue weighted by Gasteiger charge is 2.06. The van der Waals surface area contributed by atoms with E-state index in [4.69, 9.17) is 11.6 Å². The maximum atomic E-state index is 5.70. The number of pyridine rings is 1. The van der Waals surface area contributed by atoms with E-state index in [1.165, 1.54) is 0 Å². The Morgan fingerprint density at radius 2 is 1.87 bits per heavy atom. The Kier molecular flexibility index (Phi) is 2.78. The summed E-state index contributed by atoms with van der Waals surface area (Å²) in [6, 6.07) is 5.66. The summed E-state index contributed by atoms with van der Waals surface area (Å²) in [6.07, 6.45) is 4.84. The lowest BCUT2D eigenvalue weighted by molar-refractivity contribution is 1.01. The van der Waals surface area contributed by atoms with E-state index in [0.717, 1.165) is 5.82 Å². The van der Waals surface area contributed by atoms with Crippen LogP contribution in [-0.4, -0.2) is 22.0 Å². The molecule has 0 spiro atoms. The molecule has 0 unspecified atom stereocenters. The quantitative estimate of drug-likeness (QED) is 0.779. The SMILES string of the molecule is CN(c1ccccn1)c1ncc(Cl)cn1. The van der Waals surface area contributed by atoms with Gasteiger partial charge in [-0.3, -0.25) is 4.90 Å². The van der Waals surface area contributed by atoms with Crippen LogP contribution in [0.2, 0.25) is 5.02 Å². The number of rotatable bonds is 2. The van der Waals surface area contributed by atoms with E-state index in [2.05, 4.69) is 15.0 Å². The molecular weight excluding hydrogens is 212 g/mol. The fourth-order valence-corrected chi connectivity index (χ4v) is 1.23. The lowest BCUT2D eigenvalue weighted by atomic mass is 10.4. The van der Waals surface area contributed by atoms with Gasteiger partial charge in [-0.2, -0.15) is 0 Å². The van der Waals surface area contributed by atoms with Crippen molar-refractivity contribution in [3.05, 3.63) is 41.8 Å². The van der Waals surface area contributed by atoms with E-state index in [1.807, 2.05) is 25.2 Å². The molecule has 0 fully saturated rings. The molecule has 76 valence electrons. The van der Waals surface area contributed by atoms with Crippen molar-refractivity contribution in [2.75, 3.05) is 11.9 Å². The fourth-order valence-electron chi connectivity index (χ4n) is 1.13. The highest BCUT2D eigenvalue weighted by Crippen LogP contribution is 2.16. The second-order valence-electron chi connectivity index (χ2n) is 2.95. The van der Waals surface area contributed by atoms with Crippen molar-refractivity contribution in [1.82, 2.24) is 15.0 Å². The molecule has 0 saturated carbocycles. The summed E-state index contributed by atoms with van der Waals surface area (Å²) in [7, 11) is 1.85. The van der Waals surface area contributed by atoms with Crippen molar-refractivity contribution in [2.24, 2.45) is 0 Å². The molecule has 15 heavy (non-hydrogen) atoms. The molecule has 5 heteroatoms. The van der Waals surface area contributed by atoms with Crippen LogP contribution in [0.1, 0.15) is 0 Å². The summed E-state index contributed by atoms with van der Waals surface area (Å²) in [4.78, 5) is 14.2. The standard InChI is InChI=1S/C10H9ClN4/c1-15(9-4-2-3-5-12-9)10-13-6-8(11)7-14-10/h2-7H,1H3. The van der Waals surface area contributed by atoms with E-state index in [0.29, 0.717) is 11.0 Å². The topological polar surface area (TPSA) is 41.9 Å². The van der Waals surface area contributed by atoms with Gasteiger partial charge in [0.25, 0.3) is 0 Å². The van der Waals surface area contributed by atoms with Crippen LogP contribution in [-0.2, 0) is 0 Å². The Morgan fingerprint density at radius 3 is 2.47 bits per heavy atom. The maximum absolute atomic E-state index is 5.70. The third-order valence-electron chi connectivity index (χ3n) is 1.90. The van der Waals surface area contributed by atoms with Crippen molar-refractivity contribution < 1.29 is 0 Å². The zero-order valence-corrected chi connectivity index (χ0v) is 8.89. The van der Waals surface area contributed by atoms with E-state index in [1.54, 1.807) is 23.5 Å². The molecule has 2 heterocycles. The van der Waals surface area contributed by atoms with Gasteiger partial charge in [-0.15, -0.1) is 0 Å². The predicted molar refractivity (Wildman–Crippen MR) is 59.3 cm³/mol. The first-order valence-electron chi connectivity index (χ1n) is 4.39. The number of aromatic nitrogens is 3. The monoisotopic (exact) mass is 220 g/mol. The lowest BCUT2D eigenvalue weighted by Gasteiger charge is -2.14. The van der Waals surface area contributed by atoms with E-state index in [-0.39, 0.29) is 0 Å². The van der Waals surface area contributed by atoms with Crippen LogP contribution in [0.4, 0.5) is 11.8 Å². The molecule has 2 aromatic heterocycles. The number of nitrogens with zero attached hydrogens (tertiary/aromatic N) is 4. The summed E-state index contributed by atoms with van der Waals surface area (Å²) in [5.41, 5.74) is 0. The molecule has 2 rings (SSSR count). The Hall–Kier alpha value is -1.68. The summed E-state index contributed by atoms with van der Waals surface area (Å²) >= 11 is 5.70. The second-order valence-corrected chi connectivity index (χ2v) is 3.38. The predicted octanol–water partition coefficient (Wildman–Crippen LogP) is 2.29. The Morgan fingerprint density at radius 1 is 1.13 bits per heavy atom. The molecule has 0 aromatic carbocycles. The maximum Gasteiger partial charge on any atom is 0.230 e. The summed E-state index contributed by atoms with van der Waals surface area (Å²) < 4.78 is 0. The average Bonchev–Trinajstić information content (AvgIpc) is 2.30. The van der Waals surface area contributed by atoms with Crippen LogP contribution >= 0.6 is 11.6 Å². The molecule has 0 amide bonds. The molecular formula is C10H9ClN4. The molecule has 4 nitrogen and oxygen atoms in total. The number of hydrogen-bond acceptors (Lipinski definition) is 4. The number of hydrogen-bond donors (Lipinski definition) is 0. The molecule has 0 bridgehead atoms. The smallest absolute Gasteiger partial charge is 0.230 e. The Bertz CT molecular complexity index is 429. The Labute approximate surface area is 92.6 Å². The second kappa shape index (κ2) is 4.23. The van der Waals surface area contributed by atoms with Gasteiger partial charge in [0, 0.05) is 13.2 Å². The molecule has 2 aromatic rings. The zero-order valence-electron chi connectivity index (χ0n) is 8.13. The fraction of sp³-hybridized carbons (Fsp3) is 0.100. The largest absolute Gasteiger partial charge is 0.298 e. The highest BCUT2D eigenvalue weighted by molar-refractivity contribution is 6.30. The zero-order chi connectivity index (χ0) is 10.7. The first kappa shape index (κ1) is 9.86. The van der Waals surface area contributed by atoms with Gasteiger partial charge >= 0.3 is 0 Å². The van der Waals surface area contributed by atoms with E-state index in [9.17, 15) is 0 Å². The van der Waals surface area contributed by atoms with Gasteiger partial charge in [0.1, 0.15) is 5.82 Å². The van der Waals surface area contributed by atoms with Gasteiger partial charge in [0.15, 0.2) is 0 Å². The molecule has 0 atom stereocenters. The normalized spacial score (nSPS) is 10.0. The molecule has 0 N–H and O–H groups in total. The molecule has 0 radical (unpaired) electrons. The third-order valence-corrected chi connectivity index (χ3v) is 2.09. The third kappa shape index (κ3) is 2.22. The first-order chi connectivity index (χ1) is 7.27. The molecule has 0 saturated heterocycles. The summed E-state index contributed by atoms with van der Waals surface area (Å²) in [5, 5.41) is 0.521. The van der Waals surface area contributed by atoms with Crippen LogP contribution < -0.4 is 4.90 Å². The van der Waals surface area contributed by atoms with Crippen LogP contribution in [0.25, 0.3) is 0 Å². The average molecular weight is 221 g/mol. The van der Waals surface area contributed by atoms with Gasteiger partial charge in [0.2, 0.25) is 5.95 Å². The van der Waals surface area contributed by atoms with Crippen molar-refractivity contribution >= 4 is 23.4 Å².